The molecule has 0 fully saturated rings. The lowest BCUT2D eigenvalue weighted by atomic mass is 10.1. The zero-order valence-electron chi connectivity index (χ0n) is 9.71. The molecular formula is C14H15NO2. The van der Waals surface area contributed by atoms with E-state index in [1.165, 1.54) is 5.56 Å². The summed E-state index contributed by atoms with van der Waals surface area (Å²) < 4.78 is 0. The number of carboxylic acids is 1. The lowest BCUT2D eigenvalue weighted by Gasteiger charge is -2.30. The van der Waals surface area contributed by atoms with E-state index in [2.05, 4.69) is 19.1 Å². The monoisotopic (exact) mass is 229 g/mol. The van der Waals surface area contributed by atoms with E-state index in [1.807, 2.05) is 29.3 Å². The first-order chi connectivity index (χ1) is 8.18. The van der Waals surface area contributed by atoms with E-state index in [0.29, 0.717) is 12.1 Å². The number of benzene rings is 1. The van der Waals surface area contributed by atoms with Crippen molar-refractivity contribution in [2.45, 2.75) is 13.0 Å². The maximum Gasteiger partial charge on any atom is 0.333 e. The topological polar surface area (TPSA) is 40.5 Å². The van der Waals surface area contributed by atoms with E-state index >= 15 is 0 Å². The summed E-state index contributed by atoms with van der Waals surface area (Å²) >= 11 is 0. The average molecular weight is 229 g/mol. The summed E-state index contributed by atoms with van der Waals surface area (Å²) in [5.74, 6) is -0.848. The van der Waals surface area contributed by atoms with Crippen molar-refractivity contribution in [3.8, 4) is 0 Å². The molecule has 88 valence electrons. The minimum Gasteiger partial charge on any atom is -0.478 e. The largest absolute Gasteiger partial charge is 0.478 e. The van der Waals surface area contributed by atoms with Crippen molar-refractivity contribution in [3.05, 3.63) is 59.8 Å². The fourth-order valence-corrected chi connectivity index (χ4v) is 1.90. The molecule has 0 aromatic heterocycles. The molecule has 1 aromatic carbocycles. The standard InChI is InChI=1S/C14H15NO2/c1-11(12-6-3-2-4-7-12)15-9-5-8-13(10-15)14(16)17/h2-9,11H,10H2,1H3,(H,16,17)/t11-/m0/s1. The number of hydrogen-bond donors (Lipinski definition) is 1. The van der Waals surface area contributed by atoms with Crippen molar-refractivity contribution in [1.82, 2.24) is 4.90 Å². The Bertz CT molecular complexity index is 462. The van der Waals surface area contributed by atoms with E-state index in [-0.39, 0.29) is 6.04 Å². The van der Waals surface area contributed by atoms with Crippen molar-refractivity contribution in [1.29, 1.82) is 0 Å². The summed E-state index contributed by atoms with van der Waals surface area (Å²) in [5, 5.41) is 8.98. The first-order valence-corrected chi connectivity index (χ1v) is 5.60. The van der Waals surface area contributed by atoms with Gasteiger partial charge in [-0.2, -0.15) is 0 Å². The molecule has 17 heavy (non-hydrogen) atoms. The normalized spacial score (nSPS) is 16.5. The highest BCUT2D eigenvalue weighted by Crippen LogP contribution is 2.23. The van der Waals surface area contributed by atoms with Crippen molar-refractivity contribution >= 4 is 5.97 Å². The van der Waals surface area contributed by atoms with Crippen LogP contribution in [0.15, 0.2) is 54.3 Å². The molecule has 1 aliphatic heterocycles. The second kappa shape index (κ2) is 4.87. The van der Waals surface area contributed by atoms with Gasteiger partial charge in [0.25, 0.3) is 0 Å². The Labute approximate surface area is 101 Å². The summed E-state index contributed by atoms with van der Waals surface area (Å²) in [5.41, 5.74) is 1.61. The van der Waals surface area contributed by atoms with Gasteiger partial charge < -0.3 is 10.0 Å². The van der Waals surface area contributed by atoms with E-state index in [4.69, 9.17) is 5.11 Å². The van der Waals surface area contributed by atoms with E-state index in [1.54, 1.807) is 12.2 Å². The molecular weight excluding hydrogens is 214 g/mol. The van der Waals surface area contributed by atoms with Gasteiger partial charge in [0.2, 0.25) is 0 Å². The molecule has 0 spiro atoms. The molecule has 1 aromatic rings. The van der Waals surface area contributed by atoms with Gasteiger partial charge in [0, 0.05) is 0 Å². The summed E-state index contributed by atoms with van der Waals surface area (Å²) in [6.07, 6.45) is 5.37. The second-order valence-electron chi connectivity index (χ2n) is 4.10. The Morgan fingerprint density at radius 3 is 2.71 bits per heavy atom. The molecule has 1 N–H and O–H groups in total. The quantitative estimate of drug-likeness (QED) is 0.866. The van der Waals surface area contributed by atoms with E-state index < -0.39 is 5.97 Å². The van der Waals surface area contributed by atoms with Crippen LogP contribution in [0.2, 0.25) is 0 Å². The number of carbonyl (C=O) groups is 1. The number of aliphatic carboxylic acids is 1. The molecule has 0 bridgehead atoms. The number of rotatable bonds is 3. The van der Waals surface area contributed by atoms with Crippen LogP contribution in [0.4, 0.5) is 0 Å². The third kappa shape index (κ3) is 2.56. The first-order valence-electron chi connectivity index (χ1n) is 5.60. The van der Waals surface area contributed by atoms with Gasteiger partial charge in [0.15, 0.2) is 0 Å². The summed E-state index contributed by atoms with van der Waals surface area (Å²) in [6, 6.07) is 10.2. The summed E-state index contributed by atoms with van der Waals surface area (Å²) in [4.78, 5) is 13.0. The number of hydrogen-bond acceptors (Lipinski definition) is 2. The predicted molar refractivity (Wildman–Crippen MR) is 66.4 cm³/mol. The van der Waals surface area contributed by atoms with E-state index in [0.717, 1.165) is 0 Å². The molecule has 0 radical (unpaired) electrons. The number of nitrogens with zero attached hydrogens (tertiary/aromatic N) is 1. The Morgan fingerprint density at radius 2 is 2.06 bits per heavy atom. The van der Waals surface area contributed by atoms with Gasteiger partial charge in [-0.15, -0.1) is 0 Å². The smallest absolute Gasteiger partial charge is 0.333 e. The third-order valence-electron chi connectivity index (χ3n) is 2.98. The molecule has 0 aliphatic carbocycles. The van der Waals surface area contributed by atoms with Crippen LogP contribution in [0, 0.1) is 0 Å². The van der Waals surface area contributed by atoms with Gasteiger partial charge in [-0.1, -0.05) is 30.3 Å². The maximum absolute atomic E-state index is 10.9. The fraction of sp³-hybridized carbons (Fsp3) is 0.214. The van der Waals surface area contributed by atoms with Gasteiger partial charge in [0.05, 0.1) is 18.2 Å². The highest BCUT2D eigenvalue weighted by Gasteiger charge is 2.18. The zero-order valence-corrected chi connectivity index (χ0v) is 9.71. The van der Waals surface area contributed by atoms with Crippen molar-refractivity contribution in [2.75, 3.05) is 6.54 Å². The molecule has 0 amide bonds. The predicted octanol–water partition coefficient (Wildman–Crippen LogP) is 2.59. The number of carboxylic acid groups (broad SMARTS) is 1. The first kappa shape index (κ1) is 11.5. The minimum atomic E-state index is -0.848. The fourth-order valence-electron chi connectivity index (χ4n) is 1.90. The molecule has 2 rings (SSSR count). The van der Waals surface area contributed by atoms with Gasteiger partial charge in [0.1, 0.15) is 0 Å². The van der Waals surface area contributed by atoms with Crippen LogP contribution in [0.25, 0.3) is 0 Å². The van der Waals surface area contributed by atoms with Gasteiger partial charge >= 0.3 is 5.97 Å². The van der Waals surface area contributed by atoms with Gasteiger partial charge in [-0.3, -0.25) is 0 Å². The highest BCUT2D eigenvalue weighted by molar-refractivity contribution is 5.87. The zero-order chi connectivity index (χ0) is 12.3. The van der Waals surface area contributed by atoms with Crippen LogP contribution in [-0.4, -0.2) is 22.5 Å². The second-order valence-corrected chi connectivity index (χ2v) is 4.10. The lowest BCUT2D eigenvalue weighted by molar-refractivity contribution is -0.132. The van der Waals surface area contributed by atoms with Crippen molar-refractivity contribution < 1.29 is 9.90 Å². The summed E-state index contributed by atoms with van der Waals surface area (Å²) in [7, 11) is 0. The lowest BCUT2D eigenvalue weighted by Crippen LogP contribution is -2.27. The van der Waals surface area contributed by atoms with E-state index in [9.17, 15) is 4.79 Å². The van der Waals surface area contributed by atoms with Crippen molar-refractivity contribution in [3.63, 3.8) is 0 Å². The highest BCUT2D eigenvalue weighted by atomic mass is 16.4. The third-order valence-corrected chi connectivity index (χ3v) is 2.98. The Hall–Kier alpha value is -2.03. The van der Waals surface area contributed by atoms with Crippen LogP contribution >= 0.6 is 0 Å². The molecule has 1 aliphatic rings. The van der Waals surface area contributed by atoms with Crippen LogP contribution in [-0.2, 0) is 4.79 Å². The molecule has 0 unspecified atom stereocenters. The molecule has 1 heterocycles. The SMILES string of the molecule is C[C@@H](c1ccccc1)N1C=CC=C(C(=O)O)C1. The molecule has 3 heteroatoms. The number of allylic oxidation sites excluding steroid dienone is 2. The van der Waals surface area contributed by atoms with Gasteiger partial charge in [-0.25, -0.2) is 4.79 Å². The maximum atomic E-state index is 10.9. The Balaban J connectivity index is 2.13. The minimum absolute atomic E-state index is 0.176. The molecule has 1 atom stereocenters. The molecule has 3 nitrogen and oxygen atoms in total. The van der Waals surface area contributed by atoms with Crippen LogP contribution in [0.3, 0.4) is 0 Å². The average Bonchev–Trinajstić information content (AvgIpc) is 2.39. The molecule has 0 saturated carbocycles. The van der Waals surface area contributed by atoms with Crippen molar-refractivity contribution in [2.24, 2.45) is 0 Å². The van der Waals surface area contributed by atoms with Crippen LogP contribution in [0.1, 0.15) is 18.5 Å². The summed E-state index contributed by atoms with van der Waals surface area (Å²) in [6.45, 7) is 2.52. The van der Waals surface area contributed by atoms with Gasteiger partial charge in [-0.05, 0) is 30.8 Å². The Morgan fingerprint density at radius 1 is 1.35 bits per heavy atom. The van der Waals surface area contributed by atoms with Crippen LogP contribution < -0.4 is 0 Å². The Kier molecular flexibility index (Phi) is 3.28. The molecule has 0 saturated heterocycles. The van der Waals surface area contributed by atoms with Crippen LogP contribution in [0.5, 0.6) is 0 Å².